The van der Waals surface area contributed by atoms with Crippen LogP contribution in [-0.2, 0) is 0 Å². The van der Waals surface area contributed by atoms with E-state index in [1.165, 1.54) is 32.1 Å². The number of hydrogen-bond acceptors (Lipinski definition) is 5. The molecule has 0 aliphatic carbocycles. The molecule has 2 saturated heterocycles. The van der Waals surface area contributed by atoms with E-state index in [1.54, 1.807) is 6.07 Å². The van der Waals surface area contributed by atoms with E-state index < -0.39 is 0 Å². The molecule has 2 aliphatic heterocycles. The zero-order valence-electron chi connectivity index (χ0n) is 14.8. The summed E-state index contributed by atoms with van der Waals surface area (Å²) in [5.41, 5.74) is 2.47. The van der Waals surface area contributed by atoms with E-state index in [0.717, 1.165) is 47.8 Å². The van der Waals surface area contributed by atoms with E-state index in [2.05, 4.69) is 20.4 Å². The average molecular weight is 338 g/mol. The standard InChI is InChI=1S/C20H26N4O/c1-14-13-19(22-23-20(14)17-7-2-3-8-18(17)25)21-11-12-24-15-5-4-6-16(24)10-9-15/h2-3,7-8,13,15-16,25H,4-6,9-12H2,1H3,(H,21,22). The molecule has 1 aromatic carbocycles. The first kappa shape index (κ1) is 16.3. The van der Waals surface area contributed by atoms with Crippen molar-refractivity contribution in [1.82, 2.24) is 15.1 Å². The largest absolute Gasteiger partial charge is 0.507 e. The van der Waals surface area contributed by atoms with E-state index in [4.69, 9.17) is 0 Å². The molecule has 2 unspecified atom stereocenters. The van der Waals surface area contributed by atoms with E-state index in [9.17, 15) is 5.11 Å². The Hall–Kier alpha value is -2.14. The summed E-state index contributed by atoms with van der Waals surface area (Å²) in [7, 11) is 0. The average Bonchev–Trinajstić information content (AvgIpc) is 2.83. The Balaban J connectivity index is 1.39. The molecule has 2 fully saturated rings. The van der Waals surface area contributed by atoms with Crippen LogP contribution in [0.15, 0.2) is 30.3 Å². The number of phenols is 1. The quantitative estimate of drug-likeness (QED) is 0.872. The van der Waals surface area contributed by atoms with Crippen molar-refractivity contribution in [1.29, 1.82) is 0 Å². The molecule has 2 atom stereocenters. The number of nitrogens with zero attached hydrogens (tertiary/aromatic N) is 3. The maximum atomic E-state index is 10.0. The SMILES string of the molecule is Cc1cc(NCCN2C3CCCC2CC3)nnc1-c1ccccc1O. The number of rotatable bonds is 5. The van der Waals surface area contributed by atoms with Crippen LogP contribution >= 0.6 is 0 Å². The Kier molecular flexibility index (Phi) is 4.57. The predicted octanol–water partition coefficient (Wildman–Crippen LogP) is 3.59. The second-order valence-electron chi connectivity index (χ2n) is 7.26. The fourth-order valence-electron chi connectivity index (χ4n) is 4.41. The van der Waals surface area contributed by atoms with Gasteiger partial charge in [0.1, 0.15) is 11.6 Å². The number of nitrogens with one attached hydrogen (secondary N) is 1. The molecule has 2 N–H and O–H groups in total. The van der Waals surface area contributed by atoms with Gasteiger partial charge in [-0.25, -0.2) is 0 Å². The zero-order valence-corrected chi connectivity index (χ0v) is 14.8. The van der Waals surface area contributed by atoms with Crippen LogP contribution < -0.4 is 5.32 Å². The topological polar surface area (TPSA) is 61.3 Å². The Bertz CT molecular complexity index is 732. The van der Waals surface area contributed by atoms with E-state index in [1.807, 2.05) is 31.2 Å². The van der Waals surface area contributed by atoms with Crippen LogP contribution in [0.5, 0.6) is 5.75 Å². The Morgan fingerprint density at radius 1 is 1.12 bits per heavy atom. The molecular weight excluding hydrogens is 312 g/mol. The van der Waals surface area contributed by atoms with Gasteiger partial charge in [-0.1, -0.05) is 18.6 Å². The Morgan fingerprint density at radius 2 is 1.88 bits per heavy atom. The van der Waals surface area contributed by atoms with Crippen molar-refractivity contribution in [3.8, 4) is 17.0 Å². The monoisotopic (exact) mass is 338 g/mol. The lowest BCUT2D eigenvalue weighted by atomic mass is 10.0. The molecule has 4 rings (SSSR count). The van der Waals surface area contributed by atoms with Crippen molar-refractivity contribution in [2.24, 2.45) is 0 Å². The zero-order chi connectivity index (χ0) is 17.2. The van der Waals surface area contributed by atoms with E-state index in [-0.39, 0.29) is 5.75 Å². The van der Waals surface area contributed by atoms with Gasteiger partial charge >= 0.3 is 0 Å². The number of hydrogen-bond donors (Lipinski definition) is 2. The number of aromatic hydroxyl groups is 1. The molecule has 25 heavy (non-hydrogen) atoms. The third-order valence-electron chi connectivity index (χ3n) is 5.67. The molecule has 2 bridgehead atoms. The van der Waals surface area contributed by atoms with Crippen LogP contribution in [0.4, 0.5) is 5.82 Å². The van der Waals surface area contributed by atoms with Gasteiger partial charge in [-0.3, -0.25) is 4.90 Å². The maximum Gasteiger partial charge on any atom is 0.148 e. The summed E-state index contributed by atoms with van der Waals surface area (Å²) in [6, 6.07) is 10.9. The molecule has 5 heteroatoms. The van der Waals surface area contributed by atoms with Gasteiger partial charge in [-0.05, 0) is 56.4 Å². The lowest BCUT2D eigenvalue weighted by Crippen LogP contribution is -2.42. The molecule has 0 amide bonds. The van der Waals surface area contributed by atoms with Gasteiger partial charge in [0.05, 0.1) is 5.69 Å². The number of fused-ring (bicyclic) bond motifs is 2. The highest BCUT2D eigenvalue weighted by atomic mass is 16.3. The van der Waals surface area contributed by atoms with Gasteiger partial charge in [0.25, 0.3) is 0 Å². The van der Waals surface area contributed by atoms with Crippen molar-refractivity contribution in [2.75, 3.05) is 18.4 Å². The summed E-state index contributed by atoms with van der Waals surface area (Å²) >= 11 is 0. The molecule has 0 radical (unpaired) electrons. The lowest BCUT2D eigenvalue weighted by Gasteiger charge is -2.34. The number of piperidine rings is 1. The maximum absolute atomic E-state index is 10.0. The number of aryl methyl sites for hydroxylation is 1. The van der Waals surface area contributed by atoms with Crippen LogP contribution in [0, 0.1) is 6.92 Å². The first-order valence-corrected chi connectivity index (χ1v) is 9.34. The smallest absolute Gasteiger partial charge is 0.148 e. The summed E-state index contributed by atoms with van der Waals surface area (Å²) in [4.78, 5) is 2.69. The number of aromatic nitrogens is 2. The number of para-hydroxylation sites is 1. The van der Waals surface area contributed by atoms with E-state index >= 15 is 0 Å². The van der Waals surface area contributed by atoms with Crippen LogP contribution in [0.1, 0.15) is 37.7 Å². The van der Waals surface area contributed by atoms with Gasteiger partial charge in [0, 0.05) is 30.7 Å². The molecule has 132 valence electrons. The molecule has 5 nitrogen and oxygen atoms in total. The Morgan fingerprint density at radius 3 is 2.60 bits per heavy atom. The molecule has 0 saturated carbocycles. The van der Waals surface area contributed by atoms with Gasteiger partial charge in [0.2, 0.25) is 0 Å². The fraction of sp³-hybridized carbons (Fsp3) is 0.500. The van der Waals surface area contributed by atoms with Gasteiger partial charge < -0.3 is 10.4 Å². The van der Waals surface area contributed by atoms with Gasteiger partial charge in [-0.15, -0.1) is 10.2 Å². The van der Waals surface area contributed by atoms with Crippen molar-refractivity contribution < 1.29 is 5.11 Å². The first-order valence-electron chi connectivity index (χ1n) is 9.34. The molecule has 3 heterocycles. The third-order valence-corrected chi connectivity index (χ3v) is 5.67. The summed E-state index contributed by atoms with van der Waals surface area (Å²) in [5.74, 6) is 1.04. The minimum absolute atomic E-state index is 0.237. The predicted molar refractivity (Wildman–Crippen MR) is 99.7 cm³/mol. The van der Waals surface area contributed by atoms with Crippen LogP contribution in [0.3, 0.4) is 0 Å². The van der Waals surface area contributed by atoms with Crippen molar-refractivity contribution >= 4 is 5.82 Å². The van der Waals surface area contributed by atoms with Crippen LogP contribution in [0.2, 0.25) is 0 Å². The normalized spacial score (nSPS) is 22.9. The van der Waals surface area contributed by atoms with Gasteiger partial charge in [-0.2, -0.15) is 0 Å². The van der Waals surface area contributed by atoms with Crippen molar-refractivity contribution in [2.45, 2.75) is 51.1 Å². The Labute approximate surface area is 149 Å². The van der Waals surface area contributed by atoms with Crippen LogP contribution in [-0.4, -0.2) is 45.4 Å². The summed E-state index contributed by atoms with van der Waals surface area (Å²) in [6.45, 7) is 3.99. The molecule has 2 aromatic rings. The lowest BCUT2D eigenvalue weighted by molar-refractivity contribution is 0.146. The minimum Gasteiger partial charge on any atom is -0.507 e. The van der Waals surface area contributed by atoms with Crippen LogP contribution in [0.25, 0.3) is 11.3 Å². The first-order chi connectivity index (χ1) is 12.2. The number of phenolic OH excluding ortho intramolecular Hbond substituents is 1. The highest BCUT2D eigenvalue weighted by Crippen LogP contribution is 2.35. The molecule has 1 aromatic heterocycles. The number of benzene rings is 1. The second-order valence-corrected chi connectivity index (χ2v) is 7.26. The third kappa shape index (κ3) is 3.33. The number of anilines is 1. The molecular formula is C20H26N4O. The van der Waals surface area contributed by atoms with Crippen molar-refractivity contribution in [3.63, 3.8) is 0 Å². The van der Waals surface area contributed by atoms with E-state index in [0.29, 0.717) is 0 Å². The summed E-state index contributed by atoms with van der Waals surface area (Å²) in [5, 5.41) is 22.1. The highest BCUT2D eigenvalue weighted by Gasteiger charge is 2.35. The van der Waals surface area contributed by atoms with Crippen molar-refractivity contribution in [3.05, 3.63) is 35.9 Å². The van der Waals surface area contributed by atoms with Gasteiger partial charge in [0.15, 0.2) is 0 Å². The fourth-order valence-corrected chi connectivity index (χ4v) is 4.41. The molecule has 0 spiro atoms. The summed E-state index contributed by atoms with van der Waals surface area (Å²) in [6.07, 6.45) is 6.88. The second kappa shape index (κ2) is 7.00. The summed E-state index contributed by atoms with van der Waals surface area (Å²) < 4.78 is 0. The minimum atomic E-state index is 0.237. The highest BCUT2D eigenvalue weighted by molar-refractivity contribution is 5.69. The molecule has 2 aliphatic rings.